The van der Waals surface area contributed by atoms with Crippen molar-refractivity contribution in [1.29, 1.82) is 0 Å². The molecule has 29 heavy (non-hydrogen) atoms. The lowest BCUT2D eigenvalue weighted by Gasteiger charge is -2.19. The fourth-order valence-corrected chi connectivity index (χ4v) is 2.99. The van der Waals surface area contributed by atoms with Crippen LogP contribution in [0.4, 0.5) is 0 Å². The van der Waals surface area contributed by atoms with Crippen LogP contribution in [0, 0.1) is 0 Å². The van der Waals surface area contributed by atoms with Gasteiger partial charge in [0.25, 0.3) is 0 Å². The highest BCUT2D eigenvalue weighted by molar-refractivity contribution is 5.73. The molecule has 0 amide bonds. The minimum atomic E-state index is -0.246. The molecule has 3 rings (SSSR count). The van der Waals surface area contributed by atoms with Gasteiger partial charge in [0.05, 0.1) is 6.61 Å². The zero-order valence-electron chi connectivity index (χ0n) is 17.4. The summed E-state index contributed by atoms with van der Waals surface area (Å²) in [4.78, 5) is 12.1. The minimum absolute atomic E-state index is 0.127. The Morgan fingerprint density at radius 2 is 1.34 bits per heavy atom. The number of benzene rings is 3. The van der Waals surface area contributed by atoms with E-state index < -0.39 is 0 Å². The van der Waals surface area contributed by atoms with Crippen LogP contribution in [-0.4, -0.2) is 12.6 Å². The lowest BCUT2D eigenvalue weighted by Crippen LogP contribution is -2.11. The fraction of sp³-hybridized carbons (Fsp3) is 0.269. The largest absolute Gasteiger partial charge is 0.494 e. The van der Waals surface area contributed by atoms with Crippen molar-refractivity contribution in [3.05, 3.63) is 84.4 Å². The van der Waals surface area contributed by atoms with Gasteiger partial charge in [-0.3, -0.25) is 4.79 Å². The van der Waals surface area contributed by atoms with Crippen molar-refractivity contribution in [2.24, 2.45) is 0 Å². The third-order valence-electron chi connectivity index (χ3n) is 4.71. The number of ether oxygens (including phenoxy) is 2. The highest BCUT2D eigenvalue weighted by Gasteiger charge is 2.13. The molecule has 0 aliphatic carbocycles. The van der Waals surface area contributed by atoms with E-state index in [1.807, 2.05) is 54.6 Å². The minimum Gasteiger partial charge on any atom is -0.494 e. The Hall–Kier alpha value is -3.07. The first-order valence-corrected chi connectivity index (χ1v) is 10.0. The van der Waals surface area contributed by atoms with Crippen molar-refractivity contribution >= 4 is 5.97 Å². The summed E-state index contributed by atoms with van der Waals surface area (Å²) in [6.07, 6.45) is 0.933. The topological polar surface area (TPSA) is 35.5 Å². The van der Waals surface area contributed by atoms with E-state index in [1.165, 1.54) is 5.56 Å². The third kappa shape index (κ3) is 6.21. The molecule has 3 nitrogen and oxygen atoms in total. The lowest BCUT2D eigenvalue weighted by atomic mass is 9.87. The first kappa shape index (κ1) is 20.7. The van der Waals surface area contributed by atoms with Crippen LogP contribution in [0.15, 0.2) is 78.9 Å². The van der Waals surface area contributed by atoms with Crippen molar-refractivity contribution in [2.45, 2.75) is 39.0 Å². The van der Waals surface area contributed by atoms with E-state index in [2.05, 4.69) is 45.0 Å². The second-order valence-electron chi connectivity index (χ2n) is 8.09. The molecule has 0 unspecified atom stereocenters. The summed E-state index contributed by atoms with van der Waals surface area (Å²) in [5.41, 5.74) is 3.63. The van der Waals surface area contributed by atoms with E-state index in [1.54, 1.807) is 0 Å². The van der Waals surface area contributed by atoms with Gasteiger partial charge in [-0.15, -0.1) is 0 Å². The Labute approximate surface area is 173 Å². The summed E-state index contributed by atoms with van der Waals surface area (Å²) in [5, 5.41) is 0. The molecular formula is C26H28O3. The van der Waals surface area contributed by atoms with Gasteiger partial charge in [-0.25, -0.2) is 0 Å². The molecule has 3 heteroatoms. The monoisotopic (exact) mass is 388 g/mol. The molecule has 0 radical (unpaired) electrons. The molecule has 0 aromatic heterocycles. The van der Waals surface area contributed by atoms with Crippen LogP contribution in [0.1, 0.15) is 39.2 Å². The maximum Gasteiger partial charge on any atom is 0.311 e. The number of hydrogen-bond donors (Lipinski definition) is 0. The maximum absolute atomic E-state index is 12.1. The quantitative estimate of drug-likeness (QED) is 0.266. The van der Waals surface area contributed by atoms with Gasteiger partial charge >= 0.3 is 5.97 Å². The van der Waals surface area contributed by atoms with Gasteiger partial charge in [0.15, 0.2) is 0 Å². The zero-order valence-corrected chi connectivity index (χ0v) is 17.4. The molecule has 0 N–H and O–H groups in total. The summed E-state index contributed by atoms with van der Waals surface area (Å²) >= 11 is 0. The highest BCUT2D eigenvalue weighted by Crippen LogP contribution is 2.25. The molecule has 150 valence electrons. The Bertz CT molecular complexity index is 905. The smallest absolute Gasteiger partial charge is 0.311 e. The molecule has 0 fully saturated rings. The average Bonchev–Trinajstić information content (AvgIpc) is 2.72. The average molecular weight is 389 g/mol. The second kappa shape index (κ2) is 9.42. The number of esters is 1. The van der Waals surface area contributed by atoms with Gasteiger partial charge in [-0.1, -0.05) is 75.4 Å². The van der Waals surface area contributed by atoms with E-state index in [-0.39, 0.29) is 11.4 Å². The second-order valence-corrected chi connectivity index (χ2v) is 8.09. The van der Waals surface area contributed by atoms with E-state index in [4.69, 9.17) is 9.47 Å². The molecule has 0 heterocycles. The molecule has 0 spiro atoms. The van der Waals surface area contributed by atoms with Crippen molar-refractivity contribution < 1.29 is 14.3 Å². The summed E-state index contributed by atoms with van der Waals surface area (Å²) in [7, 11) is 0. The number of rotatable bonds is 7. The Morgan fingerprint density at radius 1 is 0.759 bits per heavy atom. The van der Waals surface area contributed by atoms with Crippen LogP contribution in [0.25, 0.3) is 11.1 Å². The van der Waals surface area contributed by atoms with Crippen molar-refractivity contribution in [3.63, 3.8) is 0 Å². The van der Waals surface area contributed by atoms with Gasteiger partial charge in [0.1, 0.15) is 11.5 Å². The third-order valence-corrected chi connectivity index (χ3v) is 4.71. The van der Waals surface area contributed by atoms with E-state index in [0.29, 0.717) is 25.2 Å². The number of carbonyl (C=O) groups is 1. The van der Waals surface area contributed by atoms with Crippen LogP contribution in [0.3, 0.4) is 0 Å². The standard InChI is InChI=1S/C26H28O3/c1-26(2,3)22-13-17-23(18-14-22)28-19-7-10-25(27)29-24-15-11-21(12-16-24)20-8-5-4-6-9-20/h4-6,8-9,11-18H,7,10,19H2,1-3H3. The van der Waals surface area contributed by atoms with Crippen molar-refractivity contribution in [1.82, 2.24) is 0 Å². The first-order valence-electron chi connectivity index (χ1n) is 10.0. The molecule has 0 aliphatic rings. The van der Waals surface area contributed by atoms with E-state index in [0.717, 1.165) is 16.9 Å². The normalized spacial score (nSPS) is 11.1. The molecule has 3 aromatic rings. The van der Waals surface area contributed by atoms with Crippen LogP contribution < -0.4 is 9.47 Å². The highest BCUT2D eigenvalue weighted by atomic mass is 16.5. The van der Waals surface area contributed by atoms with E-state index >= 15 is 0 Å². The molecule has 0 atom stereocenters. The van der Waals surface area contributed by atoms with Crippen molar-refractivity contribution in [2.75, 3.05) is 6.61 Å². The van der Waals surface area contributed by atoms with Crippen LogP contribution in [-0.2, 0) is 10.2 Å². The summed E-state index contributed by atoms with van der Waals surface area (Å²) in [5.74, 6) is 1.14. The molecule has 3 aromatic carbocycles. The van der Waals surface area contributed by atoms with E-state index in [9.17, 15) is 4.79 Å². The molecule has 0 saturated carbocycles. The van der Waals surface area contributed by atoms with Gasteiger partial charge in [0.2, 0.25) is 0 Å². The SMILES string of the molecule is CC(C)(C)c1ccc(OCCCC(=O)Oc2ccc(-c3ccccc3)cc2)cc1. The lowest BCUT2D eigenvalue weighted by molar-refractivity contribution is -0.134. The Balaban J connectivity index is 1.41. The maximum atomic E-state index is 12.1. The number of hydrogen-bond acceptors (Lipinski definition) is 3. The molecular weight excluding hydrogens is 360 g/mol. The van der Waals surface area contributed by atoms with Gasteiger partial charge < -0.3 is 9.47 Å². The van der Waals surface area contributed by atoms with Gasteiger partial charge in [0, 0.05) is 6.42 Å². The summed E-state index contributed by atoms with van der Waals surface area (Å²) in [6, 6.07) is 25.8. The van der Waals surface area contributed by atoms with Crippen molar-refractivity contribution in [3.8, 4) is 22.6 Å². The number of carbonyl (C=O) groups excluding carboxylic acids is 1. The predicted molar refractivity (Wildman–Crippen MR) is 117 cm³/mol. The van der Waals surface area contributed by atoms with Crippen LogP contribution >= 0.6 is 0 Å². The molecule has 0 saturated heterocycles. The predicted octanol–water partition coefficient (Wildman–Crippen LogP) is 6.42. The molecule has 0 bridgehead atoms. The van der Waals surface area contributed by atoms with Crippen LogP contribution in [0.5, 0.6) is 11.5 Å². The van der Waals surface area contributed by atoms with Gasteiger partial charge in [-0.05, 0) is 52.8 Å². The first-order chi connectivity index (χ1) is 13.9. The Morgan fingerprint density at radius 3 is 1.97 bits per heavy atom. The van der Waals surface area contributed by atoms with Crippen LogP contribution in [0.2, 0.25) is 0 Å². The zero-order chi connectivity index (χ0) is 20.7. The molecule has 0 aliphatic heterocycles. The summed E-state index contributed by atoms with van der Waals surface area (Å²) in [6.45, 7) is 7.04. The Kier molecular flexibility index (Phi) is 6.71. The fourth-order valence-electron chi connectivity index (χ4n) is 2.99. The van der Waals surface area contributed by atoms with Gasteiger partial charge in [-0.2, -0.15) is 0 Å². The summed E-state index contributed by atoms with van der Waals surface area (Å²) < 4.78 is 11.1.